The highest BCUT2D eigenvalue weighted by Crippen LogP contribution is 2.24. The molecule has 1 fully saturated rings. The van der Waals surface area contributed by atoms with Crippen molar-refractivity contribution >= 4 is 34.9 Å². The molecule has 136 valence electrons. The van der Waals surface area contributed by atoms with Gasteiger partial charge in [-0.1, -0.05) is 11.6 Å². The molecule has 0 unspecified atom stereocenters. The number of benzene rings is 1. The van der Waals surface area contributed by atoms with E-state index >= 15 is 0 Å². The summed E-state index contributed by atoms with van der Waals surface area (Å²) >= 11 is 6.11. The minimum absolute atomic E-state index is 0.283. The Hall–Kier alpha value is -2.60. The molecule has 6 nitrogen and oxygen atoms in total. The number of esters is 1. The monoisotopic (exact) mass is 373 g/mol. The average molecular weight is 374 g/mol. The fourth-order valence-corrected chi connectivity index (χ4v) is 3.08. The molecular weight excluding hydrogens is 354 g/mol. The van der Waals surface area contributed by atoms with Crippen LogP contribution in [0.15, 0.2) is 36.5 Å². The number of rotatable bonds is 4. The third kappa shape index (κ3) is 4.14. The Morgan fingerprint density at radius 1 is 1.15 bits per heavy atom. The largest absolute Gasteiger partial charge is 0.465 e. The molecule has 7 heteroatoms. The third-order valence-corrected chi connectivity index (χ3v) is 4.67. The van der Waals surface area contributed by atoms with Crippen molar-refractivity contribution in [3.8, 4) is 0 Å². The van der Waals surface area contributed by atoms with Crippen molar-refractivity contribution in [1.29, 1.82) is 0 Å². The molecule has 1 aromatic heterocycles. The lowest BCUT2D eigenvalue weighted by molar-refractivity contribution is 0.0600. The Bertz CT molecular complexity index is 802. The van der Waals surface area contributed by atoms with Gasteiger partial charge in [0.05, 0.1) is 35.3 Å². The van der Waals surface area contributed by atoms with Gasteiger partial charge in [0.15, 0.2) is 0 Å². The number of aromatic nitrogens is 1. The summed E-state index contributed by atoms with van der Waals surface area (Å²) in [5, 5.41) is 3.02. The molecule has 1 aliphatic rings. The van der Waals surface area contributed by atoms with Crippen molar-refractivity contribution in [1.82, 2.24) is 4.98 Å². The number of methoxy groups -OCH3 is 1. The molecule has 1 amide bonds. The fourth-order valence-electron chi connectivity index (χ4n) is 2.91. The van der Waals surface area contributed by atoms with Gasteiger partial charge in [0.2, 0.25) is 0 Å². The maximum absolute atomic E-state index is 12.4. The van der Waals surface area contributed by atoms with Crippen molar-refractivity contribution in [2.75, 3.05) is 30.4 Å². The Kier molecular flexibility index (Phi) is 5.73. The molecule has 1 N–H and O–H groups in total. The van der Waals surface area contributed by atoms with Crippen LogP contribution in [0.25, 0.3) is 0 Å². The van der Waals surface area contributed by atoms with E-state index in [1.54, 1.807) is 12.3 Å². The zero-order chi connectivity index (χ0) is 18.5. The first-order valence-electron chi connectivity index (χ1n) is 8.48. The van der Waals surface area contributed by atoms with Crippen LogP contribution in [0.4, 0.5) is 11.4 Å². The average Bonchev–Trinajstić information content (AvgIpc) is 2.69. The maximum atomic E-state index is 12.4. The lowest BCUT2D eigenvalue weighted by Gasteiger charge is -2.28. The van der Waals surface area contributed by atoms with Gasteiger partial charge in [0.25, 0.3) is 5.91 Å². The summed E-state index contributed by atoms with van der Waals surface area (Å²) in [5.41, 5.74) is 1.94. The number of carbonyl (C=O) groups excluding carboxylic acids is 2. The van der Waals surface area contributed by atoms with Gasteiger partial charge in [0, 0.05) is 13.1 Å². The van der Waals surface area contributed by atoms with Gasteiger partial charge in [-0.3, -0.25) is 4.79 Å². The predicted octanol–water partition coefficient (Wildman–Crippen LogP) is 3.76. The van der Waals surface area contributed by atoms with E-state index in [-0.39, 0.29) is 11.6 Å². The molecule has 0 bridgehead atoms. The number of amides is 1. The summed E-state index contributed by atoms with van der Waals surface area (Å²) in [7, 11) is 1.29. The number of piperidine rings is 1. The number of anilines is 2. The number of hydrogen-bond acceptors (Lipinski definition) is 5. The Morgan fingerprint density at radius 2 is 1.92 bits per heavy atom. The van der Waals surface area contributed by atoms with Gasteiger partial charge in [-0.2, -0.15) is 0 Å². The normalized spacial score (nSPS) is 14.0. The second-order valence-electron chi connectivity index (χ2n) is 6.09. The van der Waals surface area contributed by atoms with E-state index in [1.165, 1.54) is 44.6 Å². The number of nitrogens with one attached hydrogen (secondary N) is 1. The van der Waals surface area contributed by atoms with Crippen molar-refractivity contribution in [2.24, 2.45) is 0 Å². The molecule has 2 heterocycles. The predicted molar refractivity (Wildman–Crippen MR) is 101 cm³/mol. The van der Waals surface area contributed by atoms with Crippen LogP contribution >= 0.6 is 11.6 Å². The number of halogens is 1. The highest BCUT2D eigenvalue weighted by Gasteiger charge is 2.15. The SMILES string of the molecule is COC(=O)c1ccc(Cl)c(NC(=O)c2ccc(N3CCCCC3)cn2)c1. The zero-order valence-electron chi connectivity index (χ0n) is 14.5. The molecule has 1 aromatic carbocycles. The number of hydrogen-bond donors (Lipinski definition) is 1. The van der Waals surface area contributed by atoms with Gasteiger partial charge in [-0.25, -0.2) is 9.78 Å². The number of carbonyl (C=O) groups is 2. The van der Waals surface area contributed by atoms with E-state index in [0.717, 1.165) is 18.8 Å². The van der Waals surface area contributed by atoms with Gasteiger partial charge in [-0.05, 0) is 49.6 Å². The van der Waals surface area contributed by atoms with Gasteiger partial charge < -0.3 is 15.0 Å². The van der Waals surface area contributed by atoms with E-state index in [1.807, 2.05) is 6.07 Å². The van der Waals surface area contributed by atoms with Crippen molar-refractivity contribution in [3.63, 3.8) is 0 Å². The Labute approximate surface area is 157 Å². The van der Waals surface area contributed by atoms with Crippen LogP contribution < -0.4 is 10.2 Å². The van der Waals surface area contributed by atoms with Crippen molar-refractivity contribution in [2.45, 2.75) is 19.3 Å². The molecule has 3 rings (SSSR count). The highest BCUT2D eigenvalue weighted by molar-refractivity contribution is 6.34. The molecule has 26 heavy (non-hydrogen) atoms. The maximum Gasteiger partial charge on any atom is 0.337 e. The molecule has 0 saturated carbocycles. The summed E-state index contributed by atoms with van der Waals surface area (Å²) in [6.45, 7) is 2.03. The standard InChI is InChI=1S/C19H20ClN3O3/c1-26-19(25)13-5-7-15(20)17(11-13)22-18(24)16-8-6-14(12-21-16)23-9-3-2-4-10-23/h5-8,11-12H,2-4,9-10H2,1H3,(H,22,24). The summed E-state index contributed by atoms with van der Waals surface area (Å²) in [6.07, 6.45) is 5.33. The molecule has 0 spiro atoms. The van der Waals surface area contributed by atoms with Crippen LogP contribution in [0.3, 0.4) is 0 Å². The first-order valence-corrected chi connectivity index (χ1v) is 8.86. The minimum atomic E-state index is -0.499. The zero-order valence-corrected chi connectivity index (χ0v) is 15.3. The highest BCUT2D eigenvalue weighted by atomic mass is 35.5. The molecule has 0 radical (unpaired) electrons. The Balaban J connectivity index is 1.72. The summed E-state index contributed by atoms with van der Waals surface area (Å²) in [6, 6.07) is 8.15. The number of pyridine rings is 1. The topological polar surface area (TPSA) is 71.5 Å². The number of ether oxygens (including phenoxy) is 1. The van der Waals surface area contributed by atoms with Crippen LogP contribution in [-0.2, 0) is 4.74 Å². The van der Waals surface area contributed by atoms with E-state index < -0.39 is 5.97 Å². The van der Waals surface area contributed by atoms with Crippen LogP contribution in [0, 0.1) is 0 Å². The minimum Gasteiger partial charge on any atom is -0.465 e. The molecule has 1 saturated heterocycles. The second-order valence-corrected chi connectivity index (χ2v) is 6.50. The number of nitrogens with zero attached hydrogens (tertiary/aromatic N) is 2. The van der Waals surface area contributed by atoms with Crippen LogP contribution in [0.5, 0.6) is 0 Å². The second kappa shape index (κ2) is 8.19. The molecule has 1 aliphatic heterocycles. The summed E-state index contributed by atoms with van der Waals surface area (Å²) in [5.74, 6) is -0.889. The fraction of sp³-hybridized carbons (Fsp3) is 0.316. The van der Waals surface area contributed by atoms with E-state index in [2.05, 4.69) is 19.9 Å². The van der Waals surface area contributed by atoms with Gasteiger partial charge in [0.1, 0.15) is 5.69 Å². The summed E-state index contributed by atoms with van der Waals surface area (Å²) in [4.78, 5) is 30.6. The molecule has 0 atom stereocenters. The summed E-state index contributed by atoms with van der Waals surface area (Å²) < 4.78 is 4.68. The van der Waals surface area contributed by atoms with Crippen LogP contribution in [-0.4, -0.2) is 37.1 Å². The van der Waals surface area contributed by atoms with Crippen molar-refractivity contribution in [3.05, 3.63) is 52.8 Å². The van der Waals surface area contributed by atoms with E-state index in [9.17, 15) is 9.59 Å². The third-order valence-electron chi connectivity index (χ3n) is 4.34. The quantitative estimate of drug-likeness (QED) is 0.826. The smallest absolute Gasteiger partial charge is 0.337 e. The van der Waals surface area contributed by atoms with Crippen molar-refractivity contribution < 1.29 is 14.3 Å². The first-order chi connectivity index (χ1) is 12.6. The van der Waals surface area contributed by atoms with Crippen LogP contribution in [0.1, 0.15) is 40.1 Å². The van der Waals surface area contributed by atoms with Crippen LogP contribution in [0.2, 0.25) is 5.02 Å². The lowest BCUT2D eigenvalue weighted by Crippen LogP contribution is -2.29. The molecule has 0 aliphatic carbocycles. The Morgan fingerprint density at radius 3 is 2.58 bits per heavy atom. The molecular formula is C19H20ClN3O3. The van der Waals surface area contributed by atoms with E-state index in [0.29, 0.717) is 16.3 Å². The van der Waals surface area contributed by atoms with E-state index in [4.69, 9.17) is 11.6 Å². The lowest BCUT2D eigenvalue weighted by atomic mass is 10.1. The first kappa shape index (κ1) is 18.2. The molecule has 2 aromatic rings. The van der Waals surface area contributed by atoms with Gasteiger partial charge >= 0.3 is 5.97 Å². The van der Waals surface area contributed by atoms with Gasteiger partial charge in [-0.15, -0.1) is 0 Å².